The molecule has 92 valence electrons. The van der Waals surface area contributed by atoms with Crippen LogP contribution in [0.3, 0.4) is 0 Å². The fourth-order valence-electron chi connectivity index (χ4n) is 1.45. The van der Waals surface area contributed by atoms with Gasteiger partial charge in [-0.3, -0.25) is 4.99 Å². The minimum absolute atomic E-state index is 0.109. The van der Waals surface area contributed by atoms with E-state index in [1.54, 1.807) is 17.5 Å². The van der Waals surface area contributed by atoms with Crippen molar-refractivity contribution >= 4 is 22.2 Å². The van der Waals surface area contributed by atoms with Crippen molar-refractivity contribution in [2.75, 3.05) is 11.9 Å². The van der Waals surface area contributed by atoms with Crippen LogP contribution in [0.25, 0.3) is 0 Å². The van der Waals surface area contributed by atoms with Crippen LogP contribution in [0.5, 0.6) is 0 Å². The molecule has 0 spiro atoms. The van der Waals surface area contributed by atoms with Gasteiger partial charge in [0, 0.05) is 0 Å². The average molecular weight is 261 g/mol. The maximum Gasteiger partial charge on any atom is 0.416 e. The number of alkyl halides is 3. The number of anilines is 1. The number of nitrogens with zero attached hydrogens (tertiary/aromatic N) is 1. The van der Waals surface area contributed by atoms with Crippen molar-refractivity contribution in [3.05, 3.63) is 29.7 Å². The Morgan fingerprint density at radius 1 is 1.47 bits per heavy atom. The quantitative estimate of drug-likeness (QED) is 0.858. The molecule has 0 aromatic carbocycles. The van der Waals surface area contributed by atoms with Crippen molar-refractivity contribution in [1.29, 1.82) is 0 Å². The maximum absolute atomic E-state index is 13.1. The minimum atomic E-state index is -4.43. The third-order valence-corrected chi connectivity index (χ3v) is 3.21. The van der Waals surface area contributed by atoms with Crippen molar-refractivity contribution < 1.29 is 13.2 Å². The molecule has 1 aliphatic heterocycles. The molecule has 1 unspecified atom stereocenters. The minimum Gasteiger partial charge on any atom is -0.384 e. The molecule has 17 heavy (non-hydrogen) atoms. The van der Waals surface area contributed by atoms with E-state index < -0.39 is 18.3 Å². The van der Waals surface area contributed by atoms with Gasteiger partial charge in [0.1, 0.15) is 5.84 Å². The van der Waals surface area contributed by atoms with E-state index in [1.807, 2.05) is 0 Å². The van der Waals surface area contributed by atoms with Crippen molar-refractivity contribution in [3.63, 3.8) is 0 Å². The Bertz CT molecular complexity index is 450. The maximum atomic E-state index is 13.1. The van der Waals surface area contributed by atoms with Gasteiger partial charge >= 0.3 is 6.18 Å². The first-order chi connectivity index (χ1) is 7.93. The molecule has 0 bridgehead atoms. The average Bonchev–Trinajstić information content (AvgIpc) is 2.72. The van der Waals surface area contributed by atoms with Crippen molar-refractivity contribution in [2.24, 2.45) is 10.7 Å². The molecular formula is C10H10F3N3S. The fraction of sp³-hybridized carbons (Fsp3) is 0.300. The molecule has 1 aromatic rings. The van der Waals surface area contributed by atoms with Crippen LogP contribution < -0.4 is 11.1 Å². The van der Waals surface area contributed by atoms with Gasteiger partial charge in [0.2, 0.25) is 0 Å². The Morgan fingerprint density at radius 3 is 2.71 bits per heavy atom. The Kier molecular flexibility index (Phi) is 2.86. The molecule has 0 amide bonds. The van der Waals surface area contributed by atoms with Gasteiger partial charge in [0.15, 0.2) is 5.54 Å². The lowest BCUT2D eigenvalue weighted by Crippen LogP contribution is -2.54. The molecule has 3 N–H and O–H groups in total. The van der Waals surface area contributed by atoms with E-state index in [0.29, 0.717) is 5.00 Å². The summed E-state index contributed by atoms with van der Waals surface area (Å²) >= 11 is 1.21. The molecule has 0 saturated heterocycles. The highest BCUT2D eigenvalue weighted by Crippen LogP contribution is 2.37. The lowest BCUT2D eigenvalue weighted by molar-refractivity contribution is -0.162. The number of aliphatic imine (C=N–C) groups is 1. The van der Waals surface area contributed by atoms with E-state index in [2.05, 4.69) is 10.3 Å². The zero-order valence-corrected chi connectivity index (χ0v) is 9.48. The molecular weight excluding hydrogens is 251 g/mol. The number of nitrogens with one attached hydrogen (secondary N) is 1. The lowest BCUT2D eigenvalue weighted by atomic mass is 9.96. The number of nitrogens with two attached hydrogens (primary N) is 1. The van der Waals surface area contributed by atoms with Crippen LogP contribution in [0, 0.1) is 0 Å². The van der Waals surface area contributed by atoms with E-state index in [9.17, 15) is 13.2 Å². The largest absolute Gasteiger partial charge is 0.416 e. The summed E-state index contributed by atoms with van der Waals surface area (Å²) in [5, 5.41) is 4.63. The fourth-order valence-corrected chi connectivity index (χ4v) is 2.16. The summed E-state index contributed by atoms with van der Waals surface area (Å²) in [7, 11) is 0. The SMILES string of the molecule is NC1=NCC(Nc2cccs2)(C(F)(F)F)C=C1. The topological polar surface area (TPSA) is 50.4 Å². The van der Waals surface area contributed by atoms with Crippen molar-refractivity contribution in [1.82, 2.24) is 0 Å². The zero-order chi connectivity index (χ0) is 12.5. The van der Waals surface area contributed by atoms with Gasteiger partial charge in [-0.15, -0.1) is 11.3 Å². The molecule has 7 heteroatoms. The molecule has 1 atom stereocenters. The second-order valence-electron chi connectivity index (χ2n) is 3.65. The number of rotatable bonds is 2. The predicted molar refractivity (Wildman–Crippen MR) is 62.4 cm³/mol. The highest BCUT2D eigenvalue weighted by molar-refractivity contribution is 7.14. The molecule has 3 nitrogen and oxygen atoms in total. The summed E-state index contributed by atoms with van der Waals surface area (Å²) in [6.45, 7) is -0.448. The Balaban J connectivity index is 2.30. The molecule has 2 heterocycles. The number of halogens is 3. The first-order valence-corrected chi connectivity index (χ1v) is 5.68. The molecule has 0 radical (unpaired) electrons. The summed E-state index contributed by atoms with van der Waals surface area (Å²) in [5.74, 6) is 0.109. The Labute approximate surface area is 99.8 Å². The highest BCUT2D eigenvalue weighted by atomic mass is 32.1. The molecule has 1 aliphatic rings. The summed E-state index contributed by atoms with van der Waals surface area (Å²) < 4.78 is 39.3. The van der Waals surface area contributed by atoms with E-state index in [-0.39, 0.29) is 5.84 Å². The number of dihydropyridines is 1. The Hall–Kier alpha value is -1.50. The summed E-state index contributed by atoms with van der Waals surface area (Å²) in [6, 6.07) is 3.27. The molecule has 1 aromatic heterocycles. The van der Waals surface area contributed by atoms with Crippen LogP contribution >= 0.6 is 11.3 Å². The van der Waals surface area contributed by atoms with Crippen molar-refractivity contribution in [2.45, 2.75) is 11.7 Å². The molecule has 0 aliphatic carbocycles. The lowest BCUT2D eigenvalue weighted by Gasteiger charge is -2.34. The van der Waals surface area contributed by atoms with Gasteiger partial charge in [-0.25, -0.2) is 0 Å². The third kappa shape index (κ3) is 2.28. The first-order valence-electron chi connectivity index (χ1n) is 4.80. The van der Waals surface area contributed by atoms with Crippen LogP contribution in [0.15, 0.2) is 34.7 Å². The first kappa shape index (κ1) is 12.0. The van der Waals surface area contributed by atoms with Crippen LogP contribution in [0.1, 0.15) is 0 Å². The Morgan fingerprint density at radius 2 is 2.24 bits per heavy atom. The second kappa shape index (κ2) is 4.06. The zero-order valence-electron chi connectivity index (χ0n) is 8.66. The van der Waals surface area contributed by atoms with Gasteiger partial charge in [0.05, 0.1) is 11.5 Å². The van der Waals surface area contributed by atoms with E-state index >= 15 is 0 Å². The third-order valence-electron chi connectivity index (χ3n) is 2.42. The summed E-state index contributed by atoms with van der Waals surface area (Å²) in [5.41, 5.74) is 3.18. The standard InChI is InChI=1S/C10H10F3N3S/c11-10(12,13)9(4-3-7(14)15-6-9)16-8-2-1-5-17-8/h1-5,16H,6H2,(H2,14,15). The summed E-state index contributed by atoms with van der Waals surface area (Å²) in [4.78, 5) is 3.66. The highest BCUT2D eigenvalue weighted by Gasteiger charge is 2.54. The van der Waals surface area contributed by atoms with Crippen LogP contribution in [-0.4, -0.2) is 24.1 Å². The van der Waals surface area contributed by atoms with Crippen molar-refractivity contribution in [3.8, 4) is 0 Å². The number of hydrogen-bond acceptors (Lipinski definition) is 4. The molecule has 0 saturated carbocycles. The van der Waals surface area contributed by atoms with E-state index in [4.69, 9.17) is 5.73 Å². The smallest absolute Gasteiger partial charge is 0.384 e. The monoisotopic (exact) mass is 261 g/mol. The second-order valence-corrected chi connectivity index (χ2v) is 4.59. The number of thiophene rings is 1. The molecule has 0 fully saturated rings. The normalized spacial score (nSPS) is 24.5. The van der Waals surface area contributed by atoms with Gasteiger partial charge in [0.25, 0.3) is 0 Å². The van der Waals surface area contributed by atoms with E-state index in [0.717, 1.165) is 6.08 Å². The predicted octanol–water partition coefficient (Wildman–Crippen LogP) is 2.39. The van der Waals surface area contributed by atoms with Crippen LogP contribution in [0.4, 0.5) is 18.2 Å². The number of hydrogen-bond donors (Lipinski definition) is 2. The molecule has 2 rings (SSSR count). The van der Waals surface area contributed by atoms with Gasteiger partial charge in [-0.05, 0) is 29.7 Å². The van der Waals surface area contributed by atoms with Gasteiger partial charge in [-0.2, -0.15) is 13.2 Å². The summed E-state index contributed by atoms with van der Waals surface area (Å²) in [6.07, 6.45) is -2.23. The van der Waals surface area contributed by atoms with Gasteiger partial charge in [-0.1, -0.05) is 0 Å². The number of amidine groups is 1. The van der Waals surface area contributed by atoms with E-state index in [1.165, 1.54) is 17.4 Å². The van der Waals surface area contributed by atoms with Gasteiger partial charge < -0.3 is 11.1 Å². The van der Waals surface area contributed by atoms with Crippen LogP contribution in [0.2, 0.25) is 0 Å². The van der Waals surface area contributed by atoms with Crippen LogP contribution in [-0.2, 0) is 0 Å².